The molecule has 19 heavy (non-hydrogen) atoms. The molecule has 0 atom stereocenters. The van der Waals surface area contributed by atoms with Crippen LogP contribution in [0.5, 0.6) is 0 Å². The van der Waals surface area contributed by atoms with E-state index in [9.17, 15) is 19.2 Å². The molecule has 2 rings (SSSR count). The van der Waals surface area contributed by atoms with E-state index in [0.717, 1.165) is 6.20 Å². The van der Waals surface area contributed by atoms with Crippen molar-refractivity contribution in [1.82, 2.24) is 19.9 Å². The van der Waals surface area contributed by atoms with Gasteiger partial charge in [-0.15, -0.1) is 0 Å². The number of hydrogen-bond donors (Lipinski definition) is 5. The van der Waals surface area contributed by atoms with E-state index < -0.39 is 17.3 Å². The van der Waals surface area contributed by atoms with Crippen LogP contribution in [-0.4, -0.2) is 31.0 Å². The minimum absolute atomic E-state index is 0.183. The molecule has 10 nitrogen and oxygen atoms in total. The molecule has 0 amide bonds. The van der Waals surface area contributed by atoms with Gasteiger partial charge in [-0.25, -0.2) is 19.4 Å². The lowest BCUT2D eigenvalue weighted by Crippen LogP contribution is -2.19. The number of carboxylic acid groups (broad SMARTS) is 1. The van der Waals surface area contributed by atoms with Gasteiger partial charge in [-0.3, -0.25) is 14.8 Å². The van der Waals surface area contributed by atoms with E-state index in [1.54, 1.807) is 0 Å². The summed E-state index contributed by atoms with van der Waals surface area (Å²) in [7, 11) is 0. The fourth-order valence-electron chi connectivity index (χ4n) is 0.961. The molecule has 0 radical (unpaired) electrons. The van der Waals surface area contributed by atoms with Gasteiger partial charge in [0.05, 0.1) is 6.20 Å². The molecule has 0 saturated carbocycles. The number of aromatic nitrogens is 4. The van der Waals surface area contributed by atoms with Crippen LogP contribution in [0.3, 0.4) is 0 Å². The number of aromatic amines is 3. The van der Waals surface area contributed by atoms with Crippen molar-refractivity contribution in [3.63, 3.8) is 0 Å². The van der Waals surface area contributed by atoms with Crippen LogP contribution in [0.15, 0.2) is 32.8 Å². The molecule has 0 aliphatic carbocycles. The van der Waals surface area contributed by atoms with E-state index in [1.165, 1.54) is 12.3 Å². The van der Waals surface area contributed by atoms with Gasteiger partial charge in [0.25, 0.3) is 5.56 Å². The molecule has 0 saturated heterocycles. The molecule has 100 valence electrons. The number of H-pyrrole nitrogens is 3. The summed E-state index contributed by atoms with van der Waals surface area (Å²) < 4.78 is 0. The first-order valence-electron chi connectivity index (χ1n) is 4.76. The highest BCUT2D eigenvalue weighted by Crippen LogP contribution is 2.01. The van der Waals surface area contributed by atoms with Gasteiger partial charge in [0.2, 0.25) is 0 Å². The van der Waals surface area contributed by atoms with Crippen molar-refractivity contribution in [2.75, 3.05) is 5.73 Å². The quantitative estimate of drug-likeness (QED) is 0.401. The number of anilines is 1. The predicted octanol–water partition coefficient (Wildman–Crippen LogP) is -1.89. The molecular formula is C9H9N5O5. The normalized spacial score (nSPS) is 9.26. The Morgan fingerprint density at radius 1 is 1.26 bits per heavy atom. The van der Waals surface area contributed by atoms with Crippen molar-refractivity contribution >= 4 is 11.8 Å². The van der Waals surface area contributed by atoms with Crippen LogP contribution in [0.1, 0.15) is 10.4 Å². The van der Waals surface area contributed by atoms with E-state index >= 15 is 0 Å². The van der Waals surface area contributed by atoms with Gasteiger partial charge in [0.1, 0.15) is 11.4 Å². The largest absolute Gasteiger partial charge is 0.478 e. The Morgan fingerprint density at radius 2 is 1.95 bits per heavy atom. The SMILES string of the molecule is Nc1[nH]c(=O)ncc1C(=O)O.O=c1cc[nH]c(=O)[nH]1. The Bertz CT molecular complexity index is 718. The molecule has 0 spiro atoms. The van der Waals surface area contributed by atoms with E-state index in [1.807, 2.05) is 4.98 Å². The maximum absolute atomic E-state index is 10.4. The van der Waals surface area contributed by atoms with Crippen molar-refractivity contribution in [2.45, 2.75) is 0 Å². The van der Waals surface area contributed by atoms with Crippen LogP contribution in [-0.2, 0) is 0 Å². The highest BCUT2D eigenvalue weighted by molar-refractivity contribution is 5.91. The van der Waals surface area contributed by atoms with Crippen LogP contribution in [0.2, 0.25) is 0 Å². The maximum Gasteiger partial charge on any atom is 0.346 e. The molecule has 2 aromatic heterocycles. The summed E-state index contributed by atoms with van der Waals surface area (Å²) in [6, 6.07) is 1.24. The van der Waals surface area contributed by atoms with E-state index in [4.69, 9.17) is 10.8 Å². The van der Waals surface area contributed by atoms with Gasteiger partial charge < -0.3 is 15.8 Å². The third-order valence-corrected chi connectivity index (χ3v) is 1.76. The fourth-order valence-corrected chi connectivity index (χ4v) is 0.961. The number of carbonyl (C=O) groups is 1. The molecule has 0 aliphatic rings. The number of rotatable bonds is 1. The summed E-state index contributed by atoms with van der Waals surface area (Å²) >= 11 is 0. The highest BCUT2D eigenvalue weighted by atomic mass is 16.4. The zero-order valence-corrected chi connectivity index (χ0v) is 9.34. The molecule has 0 fully saturated rings. The number of nitrogens with zero attached hydrogens (tertiary/aromatic N) is 1. The van der Waals surface area contributed by atoms with E-state index in [-0.39, 0.29) is 16.9 Å². The molecule has 2 heterocycles. The molecule has 0 aliphatic heterocycles. The van der Waals surface area contributed by atoms with Crippen molar-refractivity contribution in [3.8, 4) is 0 Å². The Morgan fingerprint density at radius 3 is 2.37 bits per heavy atom. The van der Waals surface area contributed by atoms with E-state index in [2.05, 4.69) is 15.0 Å². The van der Waals surface area contributed by atoms with Crippen molar-refractivity contribution in [2.24, 2.45) is 0 Å². The lowest BCUT2D eigenvalue weighted by atomic mass is 10.3. The average Bonchev–Trinajstić information content (AvgIpc) is 2.28. The maximum atomic E-state index is 10.4. The predicted molar refractivity (Wildman–Crippen MR) is 63.9 cm³/mol. The third-order valence-electron chi connectivity index (χ3n) is 1.76. The van der Waals surface area contributed by atoms with Crippen LogP contribution in [0.4, 0.5) is 5.82 Å². The first kappa shape index (κ1) is 13.9. The van der Waals surface area contributed by atoms with Gasteiger partial charge in [-0.05, 0) is 0 Å². The minimum Gasteiger partial charge on any atom is -0.478 e. The number of aromatic carboxylic acids is 1. The zero-order valence-electron chi connectivity index (χ0n) is 9.34. The first-order chi connectivity index (χ1) is 8.90. The Labute approximate surface area is 104 Å². The second kappa shape index (κ2) is 5.95. The van der Waals surface area contributed by atoms with Gasteiger partial charge in [-0.1, -0.05) is 0 Å². The Kier molecular flexibility index (Phi) is 4.35. The topological polar surface area (TPSA) is 175 Å². The molecule has 0 unspecified atom stereocenters. The van der Waals surface area contributed by atoms with Crippen molar-refractivity contribution < 1.29 is 9.90 Å². The van der Waals surface area contributed by atoms with Crippen LogP contribution < -0.4 is 22.7 Å². The molecule has 6 N–H and O–H groups in total. The number of hydrogen-bond acceptors (Lipinski definition) is 6. The summed E-state index contributed by atoms with van der Waals surface area (Å²) in [6.45, 7) is 0. The highest BCUT2D eigenvalue weighted by Gasteiger charge is 2.07. The molecular weight excluding hydrogens is 258 g/mol. The fraction of sp³-hybridized carbons (Fsp3) is 0. The van der Waals surface area contributed by atoms with Crippen LogP contribution >= 0.6 is 0 Å². The second-order valence-electron chi connectivity index (χ2n) is 3.12. The lowest BCUT2D eigenvalue weighted by molar-refractivity contribution is 0.0697. The zero-order chi connectivity index (χ0) is 14.4. The van der Waals surface area contributed by atoms with Gasteiger partial charge in [-0.2, -0.15) is 0 Å². The summed E-state index contributed by atoms with van der Waals surface area (Å²) in [6.07, 6.45) is 2.21. The monoisotopic (exact) mass is 267 g/mol. The summed E-state index contributed by atoms with van der Waals surface area (Å²) in [5, 5.41) is 8.41. The number of nitrogen functional groups attached to an aromatic ring is 1. The third kappa shape index (κ3) is 4.30. The Balaban J connectivity index is 0.000000200. The summed E-state index contributed by atoms with van der Waals surface area (Å²) in [5.74, 6) is -1.40. The van der Waals surface area contributed by atoms with Gasteiger partial charge in [0.15, 0.2) is 0 Å². The number of nitrogens with two attached hydrogens (primary N) is 1. The number of carboxylic acids is 1. The minimum atomic E-state index is -1.22. The van der Waals surface area contributed by atoms with Crippen LogP contribution in [0.25, 0.3) is 0 Å². The summed E-state index contributed by atoms with van der Waals surface area (Å²) in [4.78, 5) is 50.6. The summed E-state index contributed by atoms with van der Waals surface area (Å²) in [5.41, 5.74) is 3.43. The molecule has 0 aromatic carbocycles. The van der Waals surface area contributed by atoms with Gasteiger partial charge >= 0.3 is 17.3 Å². The molecule has 0 bridgehead atoms. The van der Waals surface area contributed by atoms with E-state index in [0.29, 0.717) is 0 Å². The van der Waals surface area contributed by atoms with Crippen molar-refractivity contribution in [3.05, 3.63) is 55.3 Å². The first-order valence-corrected chi connectivity index (χ1v) is 4.76. The lowest BCUT2D eigenvalue weighted by Gasteiger charge is -1.95. The Hall–Kier alpha value is -3.17. The van der Waals surface area contributed by atoms with Crippen LogP contribution in [0, 0.1) is 0 Å². The van der Waals surface area contributed by atoms with Gasteiger partial charge in [0, 0.05) is 12.3 Å². The standard InChI is InChI=1S/C5H5N3O3.C4H4N2O2/c6-3-2(4(9)10)1-7-5(11)8-3;7-3-1-2-5-4(8)6-3/h1H,(H,9,10)(H3,6,7,8,11);1-2H,(H2,5,6,7,8). The number of nitrogens with one attached hydrogen (secondary N) is 3. The molecule has 2 aromatic rings. The van der Waals surface area contributed by atoms with Crippen molar-refractivity contribution in [1.29, 1.82) is 0 Å². The second-order valence-corrected chi connectivity index (χ2v) is 3.12. The average molecular weight is 267 g/mol. The smallest absolute Gasteiger partial charge is 0.346 e. The molecule has 10 heteroatoms.